The van der Waals surface area contributed by atoms with Crippen molar-refractivity contribution in [1.82, 2.24) is 15.1 Å². The van der Waals surface area contributed by atoms with Crippen molar-refractivity contribution in [3.8, 4) is 0 Å². The number of likely N-dealkylation sites (N-methyl/N-ethyl adjacent to an activating group) is 1. The molecule has 2 unspecified atom stereocenters. The van der Waals surface area contributed by atoms with E-state index < -0.39 is 5.97 Å². The first-order valence-corrected chi connectivity index (χ1v) is 9.31. The number of halogens is 1. The second kappa shape index (κ2) is 10.6. The van der Waals surface area contributed by atoms with Crippen LogP contribution in [-0.2, 0) is 9.59 Å². The maximum absolute atomic E-state index is 12.7. The van der Waals surface area contributed by atoms with Gasteiger partial charge < -0.3 is 10.4 Å². The number of nitrogens with one attached hydrogen (secondary N) is 1. The van der Waals surface area contributed by atoms with Gasteiger partial charge in [-0.05, 0) is 51.8 Å². The number of likely N-dealkylation sites (tertiary alicyclic amines) is 1. The average Bonchev–Trinajstić information content (AvgIpc) is 2.60. The van der Waals surface area contributed by atoms with Crippen LogP contribution in [0.5, 0.6) is 0 Å². The van der Waals surface area contributed by atoms with Gasteiger partial charge in [0.15, 0.2) is 0 Å². The summed E-state index contributed by atoms with van der Waals surface area (Å²) < 4.78 is 0. The number of benzene rings is 1. The van der Waals surface area contributed by atoms with E-state index in [1.165, 1.54) is 5.56 Å². The van der Waals surface area contributed by atoms with E-state index in [-0.39, 0.29) is 43.0 Å². The number of carbonyl (C=O) groups excluding carboxylic acids is 1. The van der Waals surface area contributed by atoms with Crippen LogP contribution in [0.1, 0.15) is 43.9 Å². The van der Waals surface area contributed by atoms with Crippen molar-refractivity contribution in [3.63, 3.8) is 0 Å². The van der Waals surface area contributed by atoms with Crippen molar-refractivity contribution in [1.29, 1.82) is 0 Å². The van der Waals surface area contributed by atoms with Gasteiger partial charge in [-0.3, -0.25) is 19.4 Å². The van der Waals surface area contributed by atoms with Gasteiger partial charge in [-0.2, -0.15) is 0 Å². The fourth-order valence-electron chi connectivity index (χ4n) is 3.71. The van der Waals surface area contributed by atoms with E-state index in [2.05, 4.69) is 29.3 Å². The molecule has 2 atom stereocenters. The van der Waals surface area contributed by atoms with Crippen molar-refractivity contribution in [2.75, 3.05) is 26.7 Å². The van der Waals surface area contributed by atoms with E-state index in [0.717, 1.165) is 31.5 Å². The van der Waals surface area contributed by atoms with Crippen molar-refractivity contribution < 1.29 is 14.7 Å². The third-order valence-corrected chi connectivity index (χ3v) is 5.45. The highest BCUT2D eigenvalue weighted by atomic mass is 35.5. The Morgan fingerprint density at radius 3 is 2.41 bits per heavy atom. The molecule has 152 valence electrons. The minimum atomic E-state index is -0.798. The van der Waals surface area contributed by atoms with Crippen LogP contribution < -0.4 is 5.32 Å². The summed E-state index contributed by atoms with van der Waals surface area (Å²) in [6, 6.07) is 8.16. The number of nitrogens with zero attached hydrogens (tertiary/aromatic N) is 2. The largest absolute Gasteiger partial charge is 0.480 e. The van der Waals surface area contributed by atoms with Crippen LogP contribution in [0.4, 0.5) is 0 Å². The molecule has 0 radical (unpaired) electrons. The molecule has 1 aliphatic heterocycles. The molecular formula is C20H32ClN3O3. The molecule has 1 heterocycles. The molecule has 1 aliphatic rings. The Morgan fingerprint density at radius 2 is 1.85 bits per heavy atom. The van der Waals surface area contributed by atoms with Gasteiger partial charge >= 0.3 is 5.97 Å². The van der Waals surface area contributed by atoms with Gasteiger partial charge in [0.2, 0.25) is 5.91 Å². The quantitative estimate of drug-likeness (QED) is 0.739. The Balaban J connectivity index is 0.00000364. The zero-order valence-electron chi connectivity index (χ0n) is 16.6. The minimum Gasteiger partial charge on any atom is -0.480 e. The summed E-state index contributed by atoms with van der Waals surface area (Å²) in [6.07, 6.45) is 1.77. The SMILES string of the molecule is Cc1ccccc1C(C)NC(=O)C(C)N1CCC(N(C)CC(=O)O)CC1.Cl. The Labute approximate surface area is 168 Å². The topological polar surface area (TPSA) is 72.9 Å². The molecule has 0 bridgehead atoms. The lowest BCUT2D eigenvalue weighted by atomic mass is 10.0. The van der Waals surface area contributed by atoms with Crippen molar-refractivity contribution in [3.05, 3.63) is 35.4 Å². The highest BCUT2D eigenvalue weighted by Crippen LogP contribution is 2.19. The third-order valence-electron chi connectivity index (χ3n) is 5.45. The maximum Gasteiger partial charge on any atom is 0.317 e. The number of piperidine rings is 1. The summed E-state index contributed by atoms with van der Waals surface area (Å²) in [6.45, 7) is 7.69. The van der Waals surface area contributed by atoms with E-state index in [4.69, 9.17) is 5.11 Å². The molecule has 0 aromatic heterocycles. The number of hydrogen-bond donors (Lipinski definition) is 2. The van der Waals surface area contributed by atoms with Crippen molar-refractivity contribution in [2.45, 2.75) is 51.7 Å². The molecule has 2 rings (SSSR count). The number of carbonyl (C=O) groups is 2. The predicted molar refractivity (Wildman–Crippen MR) is 109 cm³/mol. The lowest BCUT2D eigenvalue weighted by Gasteiger charge is -2.38. The standard InChI is InChI=1S/C20H31N3O3.ClH/c1-14-7-5-6-8-18(14)15(2)21-20(26)16(3)23-11-9-17(10-12-23)22(4)13-19(24)25;/h5-8,15-17H,9-13H2,1-4H3,(H,21,26)(H,24,25);1H. The number of aliphatic carboxylic acids is 1. The summed E-state index contributed by atoms with van der Waals surface area (Å²) in [5.74, 6) is -0.758. The number of carboxylic acid groups (broad SMARTS) is 1. The molecule has 27 heavy (non-hydrogen) atoms. The molecule has 6 nitrogen and oxygen atoms in total. The number of carboxylic acids is 1. The smallest absolute Gasteiger partial charge is 0.317 e. The van der Waals surface area contributed by atoms with Crippen LogP contribution in [-0.4, -0.2) is 65.5 Å². The van der Waals surface area contributed by atoms with Crippen LogP contribution in [0.25, 0.3) is 0 Å². The van der Waals surface area contributed by atoms with Gasteiger partial charge in [0, 0.05) is 19.1 Å². The molecule has 7 heteroatoms. The highest BCUT2D eigenvalue weighted by molar-refractivity contribution is 5.85. The van der Waals surface area contributed by atoms with Gasteiger partial charge in [-0.25, -0.2) is 0 Å². The highest BCUT2D eigenvalue weighted by Gasteiger charge is 2.29. The average molecular weight is 398 g/mol. The van der Waals surface area contributed by atoms with Crippen molar-refractivity contribution in [2.24, 2.45) is 0 Å². The molecule has 0 spiro atoms. The van der Waals surface area contributed by atoms with Gasteiger partial charge in [0.25, 0.3) is 0 Å². The van der Waals surface area contributed by atoms with E-state index in [0.29, 0.717) is 0 Å². The first kappa shape index (κ1) is 23.4. The van der Waals surface area contributed by atoms with E-state index in [1.54, 1.807) is 0 Å². The van der Waals surface area contributed by atoms with Gasteiger partial charge in [0.1, 0.15) is 0 Å². The fourth-order valence-corrected chi connectivity index (χ4v) is 3.71. The van der Waals surface area contributed by atoms with Gasteiger partial charge in [-0.1, -0.05) is 24.3 Å². The summed E-state index contributed by atoms with van der Waals surface area (Å²) in [7, 11) is 1.86. The Hall–Kier alpha value is -1.63. The first-order valence-electron chi connectivity index (χ1n) is 9.31. The molecule has 1 fully saturated rings. The number of amides is 1. The number of aryl methyl sites for hydroxylation is 1. The Kier molecular flexibility index (Phi) is 9.22. The molecule has 1 aromatic carbocycles. The molecule has 1 saturated heterocycles. The molecule has 0 aliphatic carbocycles. The summed E-state index contributed by atoms with van der Waals surface area (Å²) >= 11 is 0. The molecule has 1 amide bonds. The monoisotopic (exact) mass is 397 g/mol. The predicted octanol–water partition coefficient (Wildman–Crippen LogP) is 2.46. The molecular weight excluding hydrogens is 366 g/mol. The van der Waals surface area contributed by atoms with E-state index in [1.807, 2.05) is 37.9 Å². The summed E-state index contributed by atoms with van der Waals surface area (Å²) in [5.41, 5.74) is 2.32. The Bertz CT molecular complexity index is 633. The second-order valence-electron chi connectivity index (χ2n) is 7.34. The fraction of sp³-hybridized carbons (Fsp3) is 0.600. The van der Waals surface area contributed by atoms with E-state index >= 15 is 0 Å². The number of rotatable bonds is 7. The zero-order chi connectivity index (χ0) is 19.3. The zero-order valence-corrected chi connectivity index (χ0v) is 17.5. The third kappa shape index (κ3) is 6.48. The van der Waals surface area contributed by atoms with Crippen LogP contribution >= 0.6 is 12.4 Å². The van der Waals surface area contributed by atoms with Crippen LogP contribution in [0.2, 0.25) is 0 Å². The molecule has 0 saturated carbocycles. The lowest BCUT2D eigenvalue weighted by Crippen LogP contribution is -2.52. The summed E-state index contributed by atoms with van der Waals surface area (Å²) in [5, 5.41) is 12.0. The van der Waals surface area contributed by atoms with Crippen LogP contribution in [0, 0.1) is 6.92 Å². The van der Waals surface area contributed by atoms with Crippen LogP contribution in [0.3, 0.4) is 0 Å². The van der Waals surface area contributed by atoms with E-state index in [9.17, 15) is 9.59 Å². The molecule has 1 aromatic rings. The molecule has 2 N–H and O–H groups in total. The maximum atomic E-state index is 12.7. The normalized spacial score (nSPS) is 17.8. The Morgan fingerprint density at radius 1 is 1.26 bits per heavy atom. The summed E-state index contributed by atoms with van der Waals surface area (Å²) in [4.78, 5) is 27.6. The lowest BCUT2D eigenvalue weighted by molar-refractivity contribution is -0.138. The van der Waals surface area contributed by atoms with Crippen LogP contribution in [0.15, 0.2) is 24.3 Å². The first-order chi connectivity index (χ1) is 12.3. The van der Waals surface area contributed by atoms with Gasteiger partial charge in [0.05, 0.1) is 18.6 Å². The minimum absolute atomic E-state index is 0. The van der Waals surface area contributed by atoms with Gasteiger partial charge in [-0.15, -0.1) is 12.4 Å². The second-order valence-corrected chi connectivity index (χ2v) is 7.34. The number of hydrogen-bond acceptors (Lipinski definition) is 4. The van der Waals surface area contributed by atoms with Crippen molar-refractivity contribution >= 4 is 24.3 Å².